The summed E-state index contributed by atoms with van der Waals surface area (Å²) in [6.07, 6.45) is 1.78. The number of hydrogen-bond acceptors (Lipinski definition) is 7. The van der Waals surface area contributed by atoms with Crippen molar-refractivity contribution in [2.24, 2.45) is 5.92 Å². The van der Waals surface area contributed by atoms with E-state index in [1.54, 1.807) is 0 Å². The third-order valence-electron chi connectivity index (χ3n) is 7.61. The molecule has 0 aliphatic carbocycles. The number of hydrogen-bond donors (Lipinski definition) is 3. The molecule has 0 bridgehead atoms. The van der Waals surface area contributed by atoms with E-state index in [2.05, 4.69) is 16.0 Å². The molecule has 3 N–H and O–H groups in total. The number of ether oxygens (including phenoxy) is 4. The summed E-state index contributed by atoms with van der Waals surface area (Å²) >= 11 is 0. The van der Waals surface area contributed by atoms with E-state index >= 15 is 0 Å². The fourth-order valence-electron chi connectivity index (χ4n) is 5.16. The molecular formula is C37H47N3O7. The van der Waals surface area contributed by atoms with Crippen LogP contribution in [0.3, 0.4) is 0 Å². The summed E-state index contributed by atoms with van der Waals surface area (Å²) in [7, 11) is 0. The number of alkyl carbamates (subject to hydrolysis) is 1. The second-order valence-corrected chi connectivity index (χ2v) is 12.1. The van der Waals surface area contributed by atoms with Gasteiger partial charge in [0.2, 0.25) is 11.8 Å². The zero-order valence-corrected chi connectivity index (χ0v) is 27.3. The van der Waals surface area contributed by atoms with Gasteiger partial charge in [0.25, 0.3) is 0 Å². The predicted molar refractivity (Wildman–Crippen MR) is 178 cm³/mol. The third kappa shape index (κ3) is 13.1. The van der Waals surface area contributed by atoms with Crippen molar-refractivity contribution in [2.45, 2.75) is 77.0 Å². The van der Waals surface area contributed by atoms with Crippen LogP contribution in [0, 0.1) is 5.92 Å². The first-order valence-electron chi connectivity index (χ1n) is 16.4. The summed E-state index contributed by atoms with van der Waals surface area (Å²) in [5.74, 6) is -0.0689. The van der Waals surface area contributed by atoms with E-state index in [1.165, 1.54) is 0 Å². The maximum Gasteiger partial charge on any atom is 0.408 e. The fourth-order valence-corrected chi connectivity index (χ4v) is 5.16. The number of benzene rings is 3. The molecule has 4 atom stereocenters. The Kier molecular flexibility index (Phi) is 14.6. The highest BCUT2D eigenvalue weighted by molar-refractivity contribution is 5.91. The maximum atomic E-state index is 13.7. The number of para-hydroxylation sites is 1. The molecule has 2 unspecified atom stereocenters. The van der Waals surface area contributed by atoms with E-state index in [0.717, 1.165) is 30.4 Å². The van der Waals surface area contributed by atoms with Crippen LogP contribution in [-0.4, -0.2) is 62.1 Å². The van der Waals surface area contributed by atoms with Gasteiger partial charge in [-0.2, -0.15) is 0 Å². The van der Waals surface area contributed by atoms with Crippen LogP contribution in [0.1, 0.15) is 50.7 Å². The molecule has 0 saturated carbocycles. The van der Waals surface area contributed by atoms with Crippen LogP contribution < -0.4 is 20.7 Å². The van der Waals surface area contributed by atoms with Crippen molar-refractivity contribution in [3.63, 3.8) is 0 Å². The van der Waals surface area contributed by atoms with Crippen LogP contribution in [0.15, 0.2) is 91.0 Å². The van der Waals surface area contributed by atoms with Crippen LogP contribution in [0.2, 0.25) is 0 Å². The Morgan fingerprint density at radius 1 is 0.809 bits per heavy atom. The molecule has 10 heteroatoms. The maximum absolute atomic E-state index is 13.7. The predicted octanol–water partition coefficient (Wildman–Crippen LogP) is 5.16. The lowest BCUT2D eigenvalue weighted by molar-refractivity contribution is -0.192. The average molecular weight is 646 g/mol. The molecule has 1 aliphatic rings. The van der Waals surface area contributed by atoms with E-state index < -0.39 is 30.2 Å². The first-order chi connectivity index (χ1) is 22.9. The van der Waals surface area contributed by atoms with Crippen molar-refractivity contribution >= 4 is 17.9 Å². The molecule has 1 heterocycles. The number of amides is 3. The highest BCUT2D eigenvalue weighted by Crippen LogP contribution is 2.17. The SMILES string of the molecule is CC(C)C[C@H](NC(=O)OCc1ccccc1)C(=O)N[C@@H](Cc1ccccc1)C(=O)NCC(COc1ccccc1)OC1CCCCO1. The zero-order valence-electron chi connectivity index (χ0n) is 27.3. The summed E-state index contributed by atoms with van der Waals surface area (Å²) in [4.78, 5) is 40.0. The van der Waals surface area contributed by atoms with E-state index in [1.807, 2.05) is 105 Å². The van der Waals surface area contributed by atoms with Gasteiger partial charge in [0, 0.05) is 19.6 Å². The molecule has 3 aromatic rings. The minimum Gasteiger partial charge on any atom is -0.491 e. The van der Waals surface area contributed by atoms with Gasteiger partial charge in [-0.1, -0.05) is 92.7 Å². The molecule has 4 rings (SSSR count). The number of carbonyl (C=O) groups excluding carboxylic acids is 3. The van der Waals surface area contributed by atoms with Crippen molar-refractivity contribution in [2.75, 3.05) is 19.8 Å². The largest absolute Gasteiger partial charge is 0.491 e. The Morgan fingerprint density at radius 2 is 1.47 bits per heavy atom. The van der Waals surface area contributed by atoms with Gasteiger partial charge in [-0.05, 0) is 54.9 Å². The molecule has 252 valence electrons. The monoisotopic (exact) mass is 645 g/mol. The quantitative estimate of drug-likeness (QED) is 0.185. The van der Waals surface area contributed by atoms with Gasteiger partial charge in [-0.15, -0.1) is 0 Å². The van der Waals surface area contributed by atoms with Crippen LogP contribution in [0.25, 0.3) is 0 Å². The smallest absolute Gasteiger partial charge is 0.408 e. The van der Waals surface area contributed by atoms with Gasteiger partial charge in [0.1, 0.15) is 37.2 Å². The summed E-state index contributed by atoms with van der Waals surface area (Å²) in [5, 5.41) is 8.56. The van der Waals surface area contributed by atoms with Gasteiger partial charge in [0.05, 0.1) is 0 Å². The molecule has 0 spiro atoms. The molecule has 1 fully saturated rings. The highest BCUT2D eigenvalue weighted by Gasteiger charge is 2.29. The van der Waals surface area contributed by atoms with Gasteiger partial charge in [-0.25, -0.2) is 4.79 Å². The third-order valence-corrected chi connectivity index (χ3v) is 7.61. The first-order valence-corrected chi connectivity index (χ1v) is 16.4. The standard InChI is InChI=1S/C37H47N3O7/c1-27(2)22-32(40-37(43)46-25-29-16-8-4-9-17-29)36(42)39-33(23-28-14-6-3-7-15-28)35(41)38-24-31(47-34-20-12-13-21-44-34)26-45-30-18-10-5-11-19-30/h3-11,14-19,27,31-34H,12-13,20-26H2,1-2H3,(H,38,41)(H,39,42)(H,40,43)/t31?,32-,33-,34?/m0/s1. The Bertz CT molecular complexity index is 1350. The summed E-state index contributed by atoms with van der Waals surface area (Å²) < 4.78 is 23.3. The van der Waals surface area contributed by atoms with Crippen LogP contribution in [-0.2, 0) is 36.8 Å². The summed E-state index contributed by atoms with van der Waals surface area (Å²) in [5.41, 5.74) is 1.71. The topological polar surface area (TPSA) is 124 Å². The van der Waals surface area contributed by atoms with Crippen molar-refractivity contribution in [3.05, 3.63) is 102 Å². The highest BCUT2D eigenvalue weighted by atomic mass is 16.7. The molecule has 0 radical (unpaired) electrons. The number of carbonyl (C=O) groups is 3. The van der Waals surface area contributed by atoms with E-state index in [-0.39, 0.29) is 44.3 Å². The summed E-state index contributed by atoms with van der Waals surface area (Å²) in [6, 6.07) is 26.3. The zero-order chi connectivity index (χ0) is 33.3. The first kappa shape index (κ1) is 35.4. The minimum atomic E-state index is -0.914. The second kappa shape index (κ2) is 19.3. The van der Waals surface area contributed by atoms with E-state index in [0.29, 0.717) is 18.8 Å². The van der Waals surface area contributed by atoms with Gasteiger partial charge < -0.3 is 34.9 Å². The molecule has 3 amide bonds. The number of nitrogens with one attached hydrogen (secondary N) is 3. The van der Waals surface area contributed by atoms with Gasteiger partial charge >= 0.3 is 6.09 Å². The molecule has 47 heavy (non-hydrogen) atoms. The molecule has 1 aliphatic heterocycles. The Morgan fingerprint density at radius 3 is 2.11 bits per heavy atom. The Balaban J connectivity index is 1.41. The Hall–Kier alpha value is -4.41. The molecular weight excluding hydrogens is 598 g/mol. The second-order valence-electron chi connectivity index (χ2n) is 12.1. The molecule has 1 saturated heterocycles. The van der Waals surface area contributed by atoms with Gasteiger partial charge in [-0.3, -0.25) is 9.59 Å². The van der Waals surface area contributed by atoms with E-state index in [9.17, 15) is 14.4 Å². The lowest BCUT2D eigenvalue weighted by Gasteiger charge is -2.29. The van der Waals surface area contributed by atoms with Crippen molar-refractivity contribution in [3.8, 4) is 5.75 Å². The lowest BCUT2D eigenvalue weighted by atomic mass is 10.0. The normalized spacial score (nSPS) is 16.4. The van der Waals surface area contributed by atoms with Crippen molar-refractivity contribution in [1.82, 2.24) is 16.0 Å². The lowest BCUT2D eigenvalue weighted by Crippen LogP contribution is -2.55. The van der Waals surface area contributed by atoms with Crippen molar-refractivity contribution < 1.29 is 33.3 Å². The van der Waals surface area contributed by atoms with Crippen LogP contribution in [0.4, 0.5) is 4.79 Å². The van der Waals surface area contributed by atoms with Gasteiger partial charge in [0.15, 0.2) is 6.29 Å². The van der Waals surface area contributed by atoms with Crippen LogP contribution >= 0.6 is 0 Å². The van der Waals surface area contributed by atoms with E-state index in [4.69, 9.17) is 18.9 Å². The molecule has 0 aromatic heterocycles. The molecule has 10 nitrogen and oxygen atoms in total. The minimum absolute atomic E-state index is 0.0743. The fraction of sp³-hybridized carbons (Fsp3) is 0.432. The Labute approximate surface area is 277 Å². The number of rotatable bonds is 17. The summed E-state index contributed by atoms with van der Waals surface area (Å²) in [6.45, 7) is 4.96. The van der Waals surface area contributed by atoms with Crippen molar-refractivity contribution in [1.29, 1.82) is 0 Å². The van der Waals surface area contributed by atoms with Crippen LogP contribution in [0.5, 0.6) is 5.75 Å². The average Bonchev–Trinajstić information content (AvgIpc) is 3.09. The molecule has 3 aromatic carbocycles.